The standard InChI is InChI=1S/C11H11N3/c1-14-6-2-3-9-7-11(13)5-4-10(9)8-12/h4-5,7,14H,6,13H2,1H3. The molecule has 3 nitrogen and oxygen atoms in total. The molecule has 0 amide bonds. The Bertz CT molecular complexity index is 418. The van der Waals surface area contributed by atoms with Crippen LogP contribution >= 0.6 is 0 Å². The molecule has 0 unspecified atom stereocenters. The first-order valence-corrected chi connectivity index (χ1v) is 4.21. The first-order chi connectivity index (χ1) is 6.77. The number of benzene rings is 1. The highest BCUT2D eigenvalue weighted by Crippen LogP contribution is 2.11. The second-order valence-corrected chi connectivity index (χ2v) is 2.75. The van der Waals surface area contributed by atoms with Crippen LogP contribution in [0.1, 0.15) is 11.1 Å². The number of hydrogen-bond acceptors (Lipinski definition) is 3. The van der Waals surface area contributed by atoms with E-state index in [-0.39, 0.29) is 0 Å². The van der Waals surface area contributed by atoms with Crippen LogP contribution in [0.4, 0.5) is 5.69 Å². The van der Waals surface area contributed by atoms with E-state index in [1.807, 2.05) is 7.05 Å². The fourth-order valence-corrected chi connectivity index (χ4v) is 0.991. The van der Waals surface area contributed by atoms with Crippen LogP contribution in [0.25, 0.3) is 0 Å². The van der Waals surface area contributed by atoms with Crippen LogP contribution in [0.15, 0.2) is 18.2 Å². The van der Waals surface area contributed by atoms with Crippen molar-refractivity contribution in [3.05, 3.63) is 29.3 Å². The van der Waals surface area contributed by atoms with E-state index in [0.29, 0.717) is 23.4 Å². The lowest BCUT2D eigenvalue weighted by atomic mass is 10.1. The molecule has 1 aromatic carbocycles. The van der Waals surface area contributed by atoms with Crippen molar-refractivity contribution in [2.24, 2.45) is 0 Å². The van der Waals surface area contributed by atoms with Gasteiger partial charge in [-0.15, -0.1) is 0 Å². The molecule has 3 N–H and O–H groups in total. The summed E-state index contributed by atoms with van der Waals surface area (Å²) in [6.07, 6.45) is 0. The first kappa shape index (κ1) is 10.1. The summed E-state index contributed by atoms with van der Waals surface area (Å²) in [6, 6.07) is 7.16. The third kappa shape index (κ3) is 2.52. The zero-order chi connectivity index (χ0) is 10.4. The maximum Gasteiger partial charge on any atom is 0.100 e. The number of nitrogens with zero attached hydrogens (tertiary/aromatic N) is 1. The van der Waals surface area contributed by atoms with E-state index in [2.05, 4.69) is 23.2 Å². The Balaban J connectivity index is 3.02. The molecule has 0 aliphatic heterocycles. The summed E-state index contributed by atoms with van der Waals surface area (Å²) in [4.78, 5) is 0. The average Bonchev–Trinajstić information content (AvgIpc) is 2.19. The molecule has 3 heteroatoms. The van der Waals surface area contributed by atoms with E-state index in [1.165, 1.54) is 0 Å². The van der Waals surface area contributed by atoms with Gasteiger partial charge in [0.1, 0.15) is 6.07 Å². The monoisotopic (exact) mass is 185 g/mol. The lowest BCUT2D eigenvalue weighted by Gasteiger charge is -1.96. The van der Waals surface area contributed by atoms with Crippen LogP contribution < -0.4 is 11.1 Å². The summed E-state index contributed by atoms with van der Waals surface area (Å²) >= 11 is 0. The zero-order valence-corrected chi connectivity index (χ0v) is 7.96. The van der Waals surface area contributed by atoms with Gasteiger partial charge in [-0.2, -0.15) is 5.26 Å². The predicted molar refractivity (Wildman–Crippen MR) is 56.4 cm³/mol. The molecular weight excluding hydrogens is 174 g/mol. The van der Waals surface area contributed by atoms with Crippen molar-refractivity contribution in [2.75, 3.05) is 19.3 Å². The van der Waals surface area contributed by atoms with E-state index in [9.17, 15) is 0 Å². The van der Waals surface area contributed by atoms with E-state index in [1.54, 1.807) is 18.2 Å². The number of nitrogen functional groups attached to an aromatic ring is 1. The van der Waals surface area contributed by atoms with Crippen molar-refractivity contribution in [3.8, 4) is 17.9 Å². The second-order valence-electron chi connectivity index (χ2n) is 2.75. The van der Waals surface area contributed by atoms with Gasteiger partial charge in [-0.3, -0.25) is 0 Å². The fourth-order valence-electron chi connectivity index (χ4n) is 0.991. The summed E-state index contributed by atoms with van der Waals surface area (Å²) < 4.78 is 0. The van der Waals surface area contributed by atoms with Crippen molar-refractivity contribution in [1.82, 2.24) is 5.32 Å². The largest absolute Gasteiger partial charge is 0.399 e. The number of anilines is 1. The first-order valence-electron chi connectivity index (χ1n) is 4.21. The molecule has 0 atom stereocenters. The van der Waals surface area contributed by atoms with Crippen LogP contribution in [0, 0.1) is 23.2 Å². The van der Waals surface area contributed by atoms with Gasteiger partial charge in [0.2, 0.25) is 0 Å². The van der Waals surface area contributed by atoms with E-state index < -0.39 is 0 Å². The number of rotatable bonds is 1. The van der Waals surface area contributed by atoms with Crippen LogP contribution in [-0.4, -0.2) is 13.6 Å². The van der Waals surface area contributed by atoms with Crippen molar-refractivity contribution in [1.29, 1.82) is 5.26 Å². The van der Waals surface area contributed by atoms with Gasteiger partial charge < -0.3 is 11.1 Å². The lowest BCUT2D eigenvalue weighted by Crippen LogP contribution is -2.04. The summed E-state index contributed by atoms with van der Waals surface area (Å²) in [5, 5.41) is 11.7. The van der Waals surface area contributed by atoms with Crippen molar-refractivity contribution < 1.29 is 0 Å². The molecule has 70 valence electrons. The summed E-state index contributed by atoms with van der Waals surface area (Å²) in [5.41, 5.74) is 7.46. The number of nitrogens with two attached hydrogens (primary N) is 1. The maximum absolute atomic E-state index is 8.79. The highest BCUT2D eigenvalue weighted by Gasteiger charge is 1.98. The Kier molecular flexibility index (Phi) is 3.55. The Morgan fingerprint density at radius 2 is 2.21 bits per heavy atom. The van der Waals surface area contributed by atoms with Crippen LogP contribution in [-0.2, 0) is 0 Å². The summed E-state index contributed by atoms with van der Waals surface area (Å²) in [6.45, 7) is 0.597. The molecule has 0 saturated carbocycles. The SMILES string of the molecule is CNCC#Cc1cc(N)ccc1C#N. The lowest BCUT2D eigenvalue weighted by molar-refractivity contribution is 0.938. The van der Waals surface area contributed by atoms with Gasteiger partial charge in [0.05, 0.1) is 12.1 Å². The molecule has 0 spiro atoms. The second kappa shape index (κ2) is 4.91. The van der Waals surface area contributed by atoms with Crippen LogP contribution in [0.5, 0.6) is 0 Å². The molecule has 0 heterocycles. The summed E-state index contributed by atoms with van der Waals surface area (Å²) in [7, 11) is 1.82. The number of nitriles is 1. The van der Waals surface area contributed by atoms with Crippen LogP contribution in [0.2, 0.25) is 0 Å². The molecule has 1 rings (SSSR count). The smallest absolute Gasteiger partial charge is 0.100 e. The fraction of sp³-hybridized carbons (Fsp3) is 0.182. The third-order valence-corrected chi connectivity index (χ3v) is 1.65. The molecule has 1 aromatic rings. The van der Waals surface area contributed by atoms with Crippen molar-refractivity contribution >= 4 is 5.69 Å². The van der Waals surface area contributed by atoms with E-state index >= 15 is 0 Å². The predicted octanol–water partition coefficient (Wildman–Crippen LogP) is 0.711. The minimum absolute atomic E-state index is 0.558. The van der Waals surface area contributed by atoms with Gasteiger partial charge >= 0.3 is 0 Å². The van der Waals surface area contributed by atoms with Crippen molar-refractivity contribution in [3.63, 3.8) is 0 Å². The highest BCUT2D eigenvalue weighted by molar-refractivity contribution is 5.55. The average molecular weight is 185 g/mol. The zero-order valence-electron chi connectivity index (χ0n) is 7.96. The molecule has 0 aromatic heterocycles. The molecule has 14 heavy (non-hydrogen) atoms. The van der Waals surface area contributed by atoms with Gasteiger partial charge in [-0.25, -0.2) is 0 Å². The topological polar surface area (TPSA) is 61.8 Å². The summed E-state index contributed by atoms with van der Waals surface area (Å²) in [5.74, 6) is 5.78. The Hall–Kier alpha value is -1.97. The number of hydrogen-bond donors (Lipinski definition) is 2. The molecular formula is C11H11N3. The maximum atomic E-state index is 8.79. The Morgan fingerprint density at radius 3 is 2.86 bits per heavy atom. The van der Waals surface area contributed by atoms with Gasteiger partial charge in [0.25, 0.3) is 0 Å². The van der Waals surface area contributed by atoms with Gasteiger partial charge in [-0.1, -0.05) is 11.8 Å². The molecule has 0 aliphatic carbocycles. The Labute approximate surface area is 83.5 Å². The molecule has 0 radical (unpaired) electrons. The minimum Gasteiger partial charge on any atom is -0.399 e. The molecule has 0 bridgehead atoms. The highest BCUT2D eigenvalue weighted by atomic mass is 14.8. The van der Waals surface area contributed by atoms with Crippen LogP contribution in [0.3, 0.4) is 0 Å². The van der Waals surface area contributed by atoms with Crippen molar-refractivity contribution in [2.45, 2.75) is 0 Å². The molecule has 0 saturated heterocycles. The molecule has 0 fully saturated rings. The van der Waals surface area contributed by atoms with Gasteiger partial charge in [0.15, 0.2) is 0 Å². The normalized spacial score (nSPS) is 8.57. The minimum atomic E-state index is 0.558. The number of nitrogens with one attached hydrogen (secondary N) is 1. The molecule has 0 aliphatic rings. The van der Waals surface area contributed by atoms with E-state index in [0.717, 1.165) is 0 Å². The van der Waals surface area contributed by atoms with E-state index in [4.69, 9.17) is 11.0 Å². The quantitative estimate of drug-likeness (QED) is 0.500. The van der Waals surface area contributed by atoms with Gasteiger partial charge in [0, 0.05) is 11.3 Å². The third-order valence-electron chi connectivity index (χ3n) is 1.65. The Morgan fingerprint density at radius 1 is 1.43 bits per heavy atom. The van der Waals surface area contributed by atoms with Gasteiger partial charge in [-0.05, 0) is 25.2 Å².